The van der Waals surface area contributed by atoms with Gasteiger partial charge in [-0.05, 0) is 56.1 Å². The first-order chi connectivity index (χ1) is 20.6. The molecule has 6 aromatic rings. The highest BCUT2D eigenvalue weighted by Gasteiger charge is 2.18. The molecular formula is C29H28FN9O3S. The van der Waals surface area contributed by atoms with Gasteiger partial charge < -0.3 is 14.6 Å². The minimum absolute atomic E-state index is 0.0549. The molecule has 5 aromatic heterocycles. The number of hydrogen-bond acceptors (Lipinski definition) is 9. The number of halogens is 1. The Morgan fingerprint density at radius 2 is 1.84 bits per heavy atom. The second-order valence-electron chi connectivity index (χ2n) is 10.3. The fourth-order valence-electron chi connectivity index (χ4n) is 4.61. The van der Waals surface area contributed by atoms with Gasteiger partial charge in [0.2, 0.25) is 10.0 Å². The molecule has 6 rings (SSSR count). The van der Waals surface area contributed by atoms with Gasteiger partial charge in [0.1, 0.15) is 29.4 Å². The standard InChI is InChI=1S/C29H28FN9O3S/c1-39(2)6-7-42-22-11-19(14-31-16-22)20-12-23-26(37-38-28(23)33-15-20)29-35-24-4-5-32-25(27(24)36-29)18-8-17(9-21(30)10-18)13-34-43(3,40)41/h4-5,8-12,14-16,34H,6-7,13H2,1-3H3,(H,35,36)(H,33,37,38). The Hall–Kier alpha value is -4.79. The number of sulfonamides is 1. The molecule has 0 atom stereocenters. The number of likely N-dealkylation sites (N-methyl/N-ethyl adjacent to an activating group) is 1. The molecule has 0 aliphatic heterocycles. The Kier molecular flexibility index (Phi) is 7.56. The van der Waals surface area contributed by atoms with Crippen molar-refractivity contribution in [3.8, 4) is 39.7 Å². The van der Waals surface area contributed by atoms with E-state index in [1.807, 2.05) is 31.1 Å². The maximum Gasteiger partial charge on any atom is 0.209 e. The number of H-pyrrole nitrogens is 2. The third-order valence-electron chi connectivity index (χ3n) is 6.66. The van der Waals surface area contributed by atoms with E-state index in [4.69, 9.17) is 9.72 Å². The van der Waals surface area contributed by atoms with Crippen LogP contribution in [0.15, 0.2) is 61.2 Å². The number of imidazole rings is 1. The number of hydrogen-bond donors (Lipinski definition) is 3. The molecule has 43 heavy (non-hydrogen) atoms. The third kappa shape index (κ3) is 6.35. The Balaban J connectivity index is 1.35. The summed E-state index contributed by atoms with van der Waals surface area (Å²) in [5.41, 5.74) is 5.34. The van der Waals surface area contributed by atoms with Crippen LogP contribution in [-0.2, 0) is 16.6 Å². The predicted molar refractivity (Wildman–Crippen MR) is 161 cm³/mol. The zero-order valence-electron chi connectivity index (χ0n) is 23.6. The summed E-state index contributed by atoms with van der Waals surface area (Å²) in [6, 6.07) is 9.95. The van der Waals surface area contributed by atoms with Crippen molar-refractivity contribution in [2.24, 2.45) is 0 Å². The molecule has 12 nitrogen and oxygen atoms in total. The summed E-state index contributed by atoms with van der Waals surface area (Å²) in [5.74, 6) is 0.622. The van der Waals surface area contributed by atoms with Crippen molar-refractivity contribution in [3.05, 3.63) is 72.6 Å². The molecule has 0 saturated heterocycles. The van der Waals surface area contributed by atoms with Crippen LogP contribution >= 0.6 is 0 Å². The maximum atomic E-state index is 14.6. The van der Waals surface area contributed by atoms with E-state index in [1.165, 1.54) is 12.1 Å². The van der Waals surface area contributed by atoms with E-state index in [0.29, 0.717) is 57.4 Å². The van der Waals surface area contributed by atoms with Crippen molar-refractivity contribution in [2.45, 2.75) is 6.54 Å². The fourth-order valence-corrected chi connectivity index (χ4v) is 5.03. The number of nitrogens with zero attached hydrogens (tertiary/aromatic N) is 6. The molecular weight excluding hydrogens is 573 g/mol. The molecule has 0 radical (unpaired) electrons. The van der Waals surface area contributed by atoms with Crippen molar-refractivity contribution in [2.75, 3.05) is 33.5 Å². The zero-order valence-corrected chi connectivity index (χ0v) is 24.4. The van der Waals surface area contributed by atoms with Crippen LogP contribution in [0.25, 0.3) is 56.0 Å². The van der Waals surface area contributed by atoms with E-state index in [9.17, 15) is 12.8 Å². The summed E-state index contributed by atoms with van der Waals surface area (Å²) in [6.45, 7) is 1.27. The highest BCUT2D eigenvalue weighted by Crippen LogP contribution is 2.32. The lowest BCUT2D eigenvalue weighted by Crippen LogP contribution is -2.21. The second kappa shape index (κ2) is 11.5. The summed E-state index contributed by atoms with van der Waals surface area (Å²) in [4.78, 5) is 23.5. The Bertz CT molecular complexity index is 2060. The molecule has 14 heteroatoms. The normalized spacial score (nSPS) is 12.0. The van der Waals surface area contributed by atoms with Crippen molar-refractivity contribution >= 4 is 32.1 Å². The van der Waals surface area contributed by atoms with Gasteiger partial charge in [-0.1, -0.05) is 0 Å². The summed E-state index contributed by atoms with van der Waals surface area (Å²) in [7, 11) is 0.524. The minimum Gasteiger partial charge on any atom is -0.491 e. The van der Waals surface area contributed by atoms with Crippen LogP contribution in [0.4, 0.5) is 4.39 Å². The molecule has 0 fully saturated rings. The van der Waals surface area contributed by atoms with E-state index < -0.39 is 15.8 Å². The van der Waals surface area contributed by atoms with E-state index in [0.717, 1.165) is 29.3 Å². The van der Waals surface area contributed by atoms with Crippen LogP contribution in [0.5, 0.6) is 5.75 Å². The molecule has 0 unspecified atom stereocenters. The summed E-state index contributed by atoms with van der Waals surface area (Å²) < 4.78 is 45.9. The second-order valence-corrected chi connectivity index (χ2v) is 12.2. The SMILES string of the molecule is CN(C)CCOc1cncc(-c2cnc3[nH]nc(-c4nc5c(-c6cc(F)cc(CNS(C)(=O)=O)c6)nccc5[nH]4)c3c2)c1. The number of nitrogens with one attached hydrogen (secondary N) is 3. The molecule has 5 heterocycles. The third-order valence-corrected chi connectivity index (χ3v) is 7.33. The molecule has 0 bridgehead atoms. The van der Waals surface area contributed by atoms with Gasteiger partial charge in [-0.15, -0.1) is 0 Å². The number of aromatic nitrogens is 7. The van der Waals surface area contributed by atoms with Gasteiger partial charge in [0.05, 0.1) is 29.0 Å². The Labute approximate surface area is 246 Å². The van der Waals surface area contributed by atoms with Gasteiger partial charge in [0, 0.05) is 48.4 Å². The lowest BCUT2D eigenvalue weighted by molar-refractivity contribution is 0.261. The van der Waals surface area contributed by atoms with Crippen LogP contribution in [-0.4, -0.2) is 81.9 Å². The molecule has 0 aliphatic carbocycles. The highest BCUT2D eigenvalue weighted by atomic mass is 32.2. The van der Waals surface area contributed by atoms with E-state index in [1.54, 1.807) is 36.9 Å². The predicted octanol–water partition coefficient (Wildman–Crippen LogP) is 3.75. The van der Waals surface area contributed by atoms with Crippen LogP contribution < -0.4 is 9.46 Å². The van der Waals surface area contributed by atoms with Gasteiger partial charge in [-0.25, -0.2) is 27.5 Å². The van der Waals surface area contributed by atoms with Gasteiger partial charge in [0.15, 0.2) is 11.5 Å². The Morgan fingerprint density at radius 1 is 1.00 bits per heavy atom. The fraction of sp³-hybridized carbons (Fsp3) is 0.207. The van der Waals surface area contributed by atoms with Crippen LogP contribution in [0, 0.1) is 5.82 Å². The smallest absolute Gasteiger partial charge is 0.209 e. The quantitative estimate of drug-likeness (QED) is 0.213. The van der Waals surface area contributed by atoms with E-state index in [-0.39, 0.29) is 6.54 Å². The van der Waals surface area contributed by atoms with E-state index >= 15 is 0 Å². The molecule has 0 spiro atoms. The average molecular weight is 602 g/mol. The monoisotopic (exact) mass is 601 g/mol. The van der Waals surface area contributed by atoms with Crippen LogP contribution in [0.1, 0.15) is 5.56 Å². The molecule has 220 valence electrons. The average Bonchev–Trinajstić information content (AvgIpc) is 3.59. The first kappa shape index (κ1) is 28.3. The van der Waals surface area contributed by atoms with Crippen molar-refractivity contribution in [1.82, 2.24) is 44.7 Å². The number of fused-ring (bicyclic) bond motifs is 2. The minimum atomic E-state index is -3.45. The van der Waals surface area contributed by atoms with Crippen LogP contribution in [0.2, 0.25) is 0 Å². The molecule has 3 N–H and O–H groups in total. The highest BCUT2D eigenvalue weighted by molar-refractivity contribution is 7.88. The number of pyridine rings is 3. The lowest BCUT2D eigenvalue weighted by atomic mass is 10.1. The summed E-state index contributed by atoms with van der Waals surface area (Å²) in [5, 5.41) is 8.18. The van der Waals surface area contributed by atoms with E-state index in [2.05, 4.69) is 34.9 Å². The molecule has 1 aromatic carbocycles. The van der Waals surface area contributed by atoms with Gasteiger partial charge in [-0.3, -0.25) is 15.1 Å². The zero-order chi connectivity index (χ0) is 30.1. The van der Waals surface area contributed by atoms with Crippen molar-refractivity contribution in [1.29, 1.82) is 0 Å². The largest absolute Gasteiger partial charge is 0.491 e. The number of benzene rings is 1. The molecule has 0 amide bonds. The number of ether oxygens (including phenoxy) is 1. The van der Waals surface area contributed by atoms with Crippen LogP contribution in [0.3, 0.4) is 0 Å². The van der Waals surface area contributed by atoms with Gasteiger partial charge >= 0.3 is 0 Å². The van der Waals surface area contributed by atoms with Gasteiger partial charge in [-0.2, -0.15) is 5.10 Å². The Morgan fingerprint density at radius 3 is 2.65 bits per heavy atom. The van der Waals surface area contributed by atoms with Crippen molar-refractivity contribution < 1.29 is 17.5 Å². The first-order valence-corrected chi connectivity index (χ1v) is 15.2. The van der Waals surface area contributed by atoms with Gasteiger partial charge in [0.25, 0.3) is 0 Å². The summed E-state index contributed by atoms with van der Waals surface area (Å²) in [6.07, 6.45) is 7.82. The summed E-state index contributed by atoms with van der Waals surface area (Å²) >= 11 is 0. The first-order valence-electron chi connectivity index (χ1n) is 13.3. The lowest BCUT2D eigenvalue weighted by Gasteiger charge is -2.11. The number of aromatic amines is 2. The molecule has 0 aliphatic rings. The topological polar surface area (TPSA) is 155 Å². The maximum absolute atomic E-state index is 14.6. The number of rotatable bonds is 10. The molecule has 0 saturated carbocycles. The van der Waals surface area contributed by atoms with Crippen molar-refractivity contribution in [3.63, 3.8) is 0 Å².